The number of hydrogen-bond acceptors (Lipinski definition) is 2. The van der Waals surface area contributed by atoms with Crippen molar-refractivity contribution in [3.05, 3.63) is 0 Å². The lowest BCUT2D eigenvalue weighted by Gasteiger charge is -2.10. The predicted octanol–water partition coefficient (Wildman–Crippen LogP) is 0.621. The minimum absolute atomic E-state index is 0.0194. The van der Waals surface area contributed by atoms with Crippen molar-refractivity contribution in [2.45, 2.75) is 0 Å². The maximum Gasteiger partial charge on any atom is 0.316 e. The van der Waals surface area contributed by atoms with Gasteiger partial charge in [0.05, 0.1) is 0 Å². The lowest BCUT2D eigenvalue weighted by Crippen LogP contribution is -2.35. The van der Waals surface area contributed by atoms with Gasteiger partial charge in [-0.05, 0) is 6.26 Å². The standard InChI is InChI=1S/C6H14N2OS/c1-8(2)6(9)7-4-5-10-3/h4-5H2,1-3H3,(H,7,9). The molecule has 0 saturated heterocycles. The van der Waals surface area contributed by atoms with E-state index in [1.165, 1.54) is 4.90 Å². The zero-order valence-corrected chi connectivity index (χ0v) is 7.49. The Morgan fingerprint density at radius 2 is 2.20 bits per heavy atom. The summed E-state index contributed by atoms with van der Waals surface area (Å²) in [5.41, 5.74) is 0. The monoisotopic (exact) mass is 162 g/mol. The second-order valence-corrected chi connectivity index (χ2v) is 3.10. The Morgan fingerprint density at radius 3 is 2.60 bits per heavy atom. The first kappa shape index (κ1) is 9.62. The van der Waals surface area contributed by atoms with E-state index >= 15 is 0 Å². The minimum Gasteiger partial charge on any atom is -0.337 e. The van der Waals surface area contributed by atoms with Gasteiger partial charge >= 0.3 is 6.03 Å². The number of hydrogen-bond donors (Lipinski definition) is 1. The second-order valence-electron chi connectivity index (χ2n) is 2.12. The van der Waals surface area contributed by atoms with Gasteiger partial charge in [0, 0.05) is 26.4 Å². The topological polar surface area (TPSA) is 32.3 Å². The lowest BCUT2D eigenvalue weighted by atomic mass is 10.7. The van der Waals surface area contributed by atoms with Crippen molar-refractivity contribution in [1.29, 1.82) is 0 Å². The zero-order valence-electron chi connectivity index (χ0n) is 6.68. The molecule has 0 fully saturated rings. The number of nitrogens with one attached hydrogen (secondary N) is 1. The van der Waals surface area contributed by atoms with Crippen LogP contribution in [0.1, 0.15) is 0 Å². The first-order valence-corrected chi connectivity index (χ1v) is 4.52. The van der Waals surface area contributed by atoms with Crippen molar-refractivity contribution in [2.75, 3.05) is 32.6 Å². The van der Waals surface area contributed by atoms with Gasteiger partial charge in [0.2, 0.25) is 0 Å². The van der Waals surface area contributed by atoms with E-state index in [1.54, 1.807) is 25.9 Å². The molecule has 0 bridgehead atoms. The molecular formula is C6H14N2OS. The van der Waals surface area contributed by atoms with E-state index in [0.717, 1.165) is 12.3 Å². The molecule has 0 aromatic heterocycles. The van der Waals surface area contributed by atoms with E-state index in [-0.39, 0.29) is 6.03 Å². The Bertz CT molecular complexity index is 106. The first-order chi connectivity index (χ1) is 4.68. The van der Waals surface area contributed by atoms with E-state index in [0.29, 0.717) is 0 Å². The zero-order chi connectivity index (χ0) is 7.98. The minimum atomic E-state index is -0.0194. The molecule has 0 aliphatic rings. The molecule has 0 saturated carbocycles. The van der Waals surface area contributed by atoms with Crippen molar-refractivity contribution in [3.63, 3.8) is 0 Å². The Kier molecular flexibility index (Phi) is 5.20. The number of thioether (sulfide) groups is 1. The number of carbonyl (C=O) groups excluding carboxylic acids is 1. The van der Waals surface area contributed by atoms with Gasteiger partial charge in [0.15, 0.2) is 0 Å². The summed E-state index contributed by atoms with van der Waals surface area (Å²) < 4.78 is 0. The van der Waals surface area contributed by atoms with Crippen LogP contribution in [0.3, 0.4) is 0 Å². The van der Waals surface area contributed by atoms with E-state index in [4.69, 9.17) is 0 Å². The maximum absolute atomic E-state index is 10.8. The van der Waals surface area contributed by atoms with Crippen LogP contribution in [0.2, 0.25) is 0 Å². The number of rotatable bonds is 3. The smallest absolute Gasteiger partial charge is 0.316 e. The largest absolute Gasteiger partial charge is 0.337 e. The number of urea groups is 1. The van der Waals surface area contributed by atoms with Gasteiger partial charge in [-0.1, -0.05) is 0 Å². The molecule has 3 nitrogen and oxygen atoms in total. The van der Waals surface area contributed by atoms with Crippen LogP contribution in [-0.2, 0) is 0 Å². The van der Waals surface area contributed by atoms with Gasteiger partial charge in [0.25, 0.3) is 0 Å². The van der Waals surface area contributed by atoms with Crippen molar-refractivity contribution < 1.29 is 4.79 Å². The molecule has 0 aromatic rings. The molecule has 60 valence electrons. The third-order valence-electron chi connectivity index (χ3n) is 0.989. The first-order valence-electron chi connectivity index (χ1n) is 3.12. The van der Waals surface area contributed by atoms with Crippen LogP contribution in [0.25, 0.3) is 0 Å². The van der Waals surface area contributed by atoms with Crippen LogP contribution in [0, 0.1) is 0 Å². The van der Waals surface area contributed by atoms with E-state index in [9.17, 15) is 4.79 Å². The molecular weight excluding hydrogens is 148 g/mol. The maximum atomic E-state index is 10.8. The van der Waals surface area contributed by atoms with Crippen LogP contribution in [0.5, 0.6) is 0 Å². The summed E-state index contributed by atoms with van der Waals surface area (Å²) >= 11 is 1.72. The highest BCUT2D eigenvalue weighted by atomic mass is 32.2. The van der Waals surface area contributed by atoms with E-state index < -0.39 is 0 Å². The van der Waals surface area contributed by atoms with Gasteiger partial charge in [-0.3, -0.25) is 0 Å². The summed E-state index contributed by atoms with van der Waals surface area (Å²) in [7, 11) is 3.46. The Morgan fingerprint density at radius 1 is 1.60 bits per heavy atom. The number of amides is 2. The fourth-order valence-corrected chi connectivity index (χ4v) is 0.724. The molecule has 0 aliphatic heterocycles. The molecule has 0 aliphatic carbocycles. The van der Waals surface area contributed by atoms with Crippen molar-refractivity contribution in [3.8, 4) is 0 Å². The lowest BCUT2D eigenvalue weighted by molar-refractivity contribution is 0.218. The average molecular weight is 162 g/mol. The summed E-state index contributed by atoms with van der Waals surface area (Å²) in [6, 6.07) is -0.0194. The van der Waals surface area contributed by atoms with Crippen molar-refractivity contribution >= 4 is 17.8 Å². The van der Waals surface area contributed by atoms with Crippen LogP contribution in [0.15, 0.2) is 0 Å². The molecule has 0 aromatic carbocycles. The van der Waals surface area contributed by atoms with Gasteiger partial charge in [-0.25, -0.2) is 4.79 Å². The molecule has 10 heavy (non-hydrogen) atoms. The molecule has 0 heterocycles. The van der Waals surface area contributed by atoms with Gasteiger partial charge in [-0.15, -0.1) is 0 Å². The highest BCUT2D eigenvalue weighted by Gasteiger charge is 1.99. The van der Waals surface area contributed by atoms with Gasteiger partial charge in [0.1, 0.15) is 0 Å². The fourth-order valence-electron chi connectivity index (χ4n) is 0.418. The fraction of sp³-hybridized carbons (Fsp3) is 0.833. The van der Waals surface area contributed by atoms with E-state index in [2.05, 4.69) is 5.32 Å². The molecule has 0 radical (unpaired) electrons. The van der Waals surface area contributed by atoms with Crippen LogP contribution in [-0.4, -0.2) is 43.6 Å². The summed E-state index contributed by atoms with van der Waals surface area (Å²) in [4.78, 5) is 12.4. The third-order valence-corrected chi connectivity index (χ3v) is 1.60. The predicted molar refractivity (Wildman–Crippen MR) is 45.5 cm³/mol. The molecule has 0 atom stereocenters. The number of nitrogens with zero attached hydrogens (tertiary/aromatic N) is 1. The summed E-state index contributed by atoms with van der Waals surface area (Å²) in [5, 5.41) is 2.75. The highest BCUT2D eigenvalue weighted by Crippen LogP contribution is 1.87. The molecule has 0 unspecified atom stereocenters. The Hall–Kier alpha value is -0.380. The highest BCUT2D eigenvalue weighted by molar-refractivity contribution is 7.98. The van der Waals surface area contributed by atoms with Gasteiger partial charge < -0.3 is 10.2 Å². The Labute approximate surface area is 66.2 Å². The third kappa shape index (κ3) is 4.49. The summed E-state index contributed by atoms with van der Waals surface area (Å²) in [6.07, 6.45) is 2.02. The summed E-state index contributed by atoms with van der Waals surface area (Å²) in [5.74, 6) is 0.972. The van der Waals surface area contributed by atoms with E-state index in [1.807, 2.05) is 6.26 Å². The average Bonchev–Trinajstić information content (AvgIpc) is 1.88. The van der Waals surface area contributed by atoms with Crippen LogP contribution < -0.4 is 5.32 Å². The molecule has 4 heteroatoms. The van der Waals surface area contributed by atoms with Crippen LogP contribution in [0.4, 0.5) is 4.79 Å². The molecule has 0 rings (SSSR count). The Balaban J connectivity index is 3.22. The summed E-state index contributed by atoms with van der Waals surface area (Å²) in [6.45, 7) is 0.748. The molecule has 0 spiro atoms. The molecule has 1 N–H and O–H groups in total. The second kappa shape index (κ2) is 5.41. The normalized spacial score (nSPS) is 9.10. The quantitative estimate of drug-likeness (QED) is 0.617. The molecule has 2 amide bonds. The van der Waals surface area contributed by atoms with Crippen molar-refractivity contribution in [1.82, 2.24) is 10.2 Å². The van der Waals surface area contributed by atoms with Crippen molar-refractivity contribution in [2.24, 2.45) is 0 Å². The number of carbonyl (C=O) groups is 1. The SMILES string of the molecule is CSCCNC(=O)N(C)C. The van der Waals surface area contributed by atoms with Gasteiger partial charge in [-0.2, -0.15) is 11.8 Å². The van der Waals surface area contributed by atoms with Crippen LogP contribution >= 0.6 is 11.8 Å².